The molecule has 2 aromatic carbocycles. The van der Waals surface area contributed by atoms with Crippen molar-refractivity contribution in [1.29, 1.82) is 0 Å². The first-order valence-corrected chi connectivity index (χ1v) is 8.46. The van der Waals surface area contributed by atoms with Gasteiger partial charge in [0.25, 0.3) is 0 Å². The van der Waals surface area contributed by atoms with E-state index in [1.165, 1.54) is 11.1 Å². The molecular weight excluding hydrogens is 312 g/mol. The number of benzene rings is 2. The molecule has 0 unspecified atom stereocenters. The highest BCUT2D eigenvalue weighted by Gasteiger charge is 2.22. The van der Waals surface area contributed by atoms with Crippen molar-refractivity contribution in [3.8, 4) is 5.69 Å². The molecule has 0 radical (unpaired) electrons. The van der Waals surface area contributed by atoms with Crippen molar-refractivity contribution in [2.45, 2.75) is 25.4 Å². The number of carbonyl (C=O) groups is 1. The van der Waals surface area contributed by atoms with Crippen molar-refractivity contribution in [3.63, 3.8) is 0 Å². The zero-order valence-corrected chi connectivity index (χ0v) is 13.9. The summed E-state index contributed by atoms with van der Waals surface area (Å²) in [6.45, 7) is 0.510. The fraction of sp³-hybridized carbons (Fsp3) is 0.200. The van der Waals surface area contributed by atoms with Crippen LogP contribution in [0, 0.1) is 0 Å². The second kappa shape index (κ2) is 6.81. The van der Waals surface area contributed by atoms with Crippen LogP contribution in [0.15, 0.2) is 67.3 Å². The lowest BCUT2D eigenvalue weighted by Crippen LogP contribution is -2.42. The number of carbonyl (C=O) groups excluding carboxylic acids is 1. The van der Waals surface area contributed by atoms with E-state index in [1.807, 2.05) is 35.0 Å². The molecule has 2 N–H and O–H groups in total. The third-order valence-electron chi connectivity index (χ3n) is 4.58. The van der Waals surface area contributed by atoms with Crippen LogP contribution in [-0.4, -0.2) is 21.6 Å². The molecule has 1 aliphatic carbocycles. The Labute approximate surface area is 146 Å². The van der Waals surface area contributed by atoms with E-state index >= 15 is 0 Å². The van der Waals surface area contributed by atoms with Crippen LogP contribution in [0.25, 0.3) is 5.69 Å². The number of amides is 2. The van der Waals surface area contributed by atoms with Gasteiger partial charge >= 0.3 is 6.03 Å². The molecule has 0 aliphatic heterocycles. The highest BCUT2D eigenvalue weighted by molar-refractivity contribution is 5.74. The number of fused-ring (bicyclic) bond motifs is 1. The van der Waals surface area contributed by atoms with Gasteiger partial charge in [0.1, 0.15) is 0 Å². The molecule has 0 atom stereocenters. The standard InChI is InChI=1S/C20H20N4O/c25-20(23-18-11-16-3-1-2-4-17(16)12-18)22-13-15-5-7-19(8-6-15)24-10-9-21-14-24/h1-10,14,18H,11-13H2,(H2,22,23,25). The normalized spacial score (nSPS) is 13.4. The van der Waals surface area contributed by atoms with Crippen LogP contribution in [0.4, 0.5) is 4.79 Å². The Balaban J connectivity index is 1.28. The van der Waals surface area contributed by atoms with Gasteiger partial charge in [-0.3, -0.25) is 0 Å². The van der Waals surface area contributed by atoms with E-state index in [0.29, 0.717) is 6.54 Å². The zero-order valence-electron chi connectivity index (χ0n) is 13.9. The van der Waals surface area contributed by atoms with Gasteiger partial charge in [0.05, 0.1) is 6.33 Å². The molecule has 5 nitrogen and oxygen atoms in total. The third kappa shape index (κ3) is 3.55. The second-order valence-corrected chi connectivity index (χ2v) is 6.34. The molecule has 3 aromatic rings. The van der Waals surface area contributed by atoms with Crippen molar-refractivity contribution in [3.05, 3.63) is 83.9 Å². The molecule has 0 fully saturated rings. The van der Waals surface area contributed by atoms with Gasteiger partial charge in [0.2, 0.25) is 0 Å². The van der Waals surface area contributed by atoms with E-state index in [2.05, 4.69) is 39.9 Å². The Morgan fingerprint density at radius 2 is 1.80 bits per heavy atom. The number of hydrogen-bond acceptors (Lipinski definition) is 2. The van der Waals surface area contributed by atoms with Crippen molar-refractivity contribution < 1.29 is 4.79 Å². The average molecular weight is 332 g/mol. The van der Waals surface area contributed by atoms with E-state index in [0.717, 1.165) is 24.1 Å². The SMILES string of the molecule is O=C(NCc1ccc(-n2ccnc2)cc1)NC1Cc2ccccc2C1. The average Bonchev–Trinajstić information content (AvgIpc) is 3.29. The Bertz CT molecular complexity index is 831. The molecule has 126 valence electrons. The summed E-state index contributed by atoms with van der Waals surface area (Å²) < 4.78 is 1.95. The van der Waals surface area contributed by atoms with Gasteiger partial charge in [-0.05, 0) is 41.7 Å². The van der Waals surface area contributed by atoms with Gasteiger partial charge in [-0.15, -0.1) is 0 Å². The minimum absolute atomic E-state index is 0.114. The molecule has 1 aliphatic rings. The quantitative estimate of drug-likeness (QED) is 0.772. The molecule has 0 saturated carbocycles. The first-order valence-electron chi connectivity index (χ1n) is 8.46. The molecule has 5 heteroatoms. The van der Waals surface area contributed by atoms with E-state index in [1.54, 1.807) is 12.5 Å². The van der Waals surface area contributed by atoms with Gasteiger partial charge in [-0.25, -0.2) is 9.78 Å². The topological polar surface area (TPSA) is 59.0 Å². The second-order valence-electron chi connectivity index (χ2n) is 6.34. The maximum Gasteiger partial charge on any atom is 0.315 e. The summed E-state index contributed by atoms with van der Waals surface area (Å²) in [5, 5.41) is 6.01. The van der Waals surface area contributed by atoms with Crippen molar-refractivity contribution in [2.75, 3.05) is 0 Å². The largest absolute Gasteiger partial charge is 0.335 e. The maximum atomic E-state index is 12.1. The smallest absolute Gasteiger partial charge is 0.315 e. The molecule has 1 aromatic heterocycles. The predicted octanol–water partition coefficient (Wildman–Crippen LogP) is 2.84. The monoisotopic (exact) mass is 332 g/mol. The molecule has 1 heterocycles. The Morgan fingerprint density at radius 3 is 2.44 bits per heavy atom. The third-order valence-corrected chi connectivity index (χ3v) is 4.58. The summed E-state index contributed by atoms with van der Waals surface area (Å²) in [5.41, 5.74) is 4.79. The summed E-state index contributed by atoms with van der Waals surface area (Å²) >= 11 is 0. The number of imidazole rings is 1. The van der Waals surface area contributed by atoms with Crippen LogP contribution in [-0.2, 0) is 19.4 Å². The highest BCUT2D eigenvalue weighted by Crippen LogP contribution is 2.21. The summed E-state index contributed by atoms with van der Waals surface area (Å²) in [5.74, 6) is 0. The van der Waals surface area contributed by atoms with Gasteiger partial charge in [0, 0.05) is 30.7 Å². The highest BCUT2D eigenvalue weighted by atomic mass is 16.2. The van der Waals surface area contributed by atoms with Crippen LogP contribution in [0.2, 0.25) is 0 Å². The zero-order chi connectivity index (χ0) is 17.1. The van der Waals surface area contributed by atoms with Gasteiger partial charge in [0.15, 0.2) is 0 Å². The fourth-order valence-electron chi connectivity index (χ4n) is 3.28. The Hall–Kier alpha value is -3.08. The van der Waals surface area contributed by atoms with Crippen LogP contribution in [0.1, 0.15) is 16.7 Å². The minimum atomic E-state index is -0.114. The molecule has 2 amide bonds. The van der Waals surface area contributed by atoms with Gasteiger partial charge in [-0.2, -0.15) is 0 Å². The summed E-state index contributed by atoms with van der Waals surface area (Å²) in [4.78, 5) is 16.2. The minimum Gasteiger partial charge on any atom is -0.335 e. The molecule has 0 bridgehead atoms. The van der Waals surface area contributed by atoms with Gasteiger partial charge in [-0.1, -0.05) is 36.4 Å². The number of nitrogens with one attached hydrogen (secondary N) is 2. The molecular formula is C20H20N4O. The van der Waals surface area contributed by atoms with Crippen molar-refractivity contribution >= 4 is 6.03 Å². The summed E-state index contributed by atoms with van der Waals surface area (Å²) in [7, 11) is 0. The number of rotatable bonds is 4. The fourth-order valence-corrected chi connectivity index (χ4v) is 3.28. The lowest BCUT2D eigenvalue weighted by Gasteiger charge is -2.13. The molecule has 4 rings (SSSR count). The number of hydrogen-bond donors (Lipinski definition) is 2. The van der Waals surface area contributed by atoms with Crippen LogP contribution >= 0.6 is 0 Å². The van der Waals surface area contributed by atoms with E-state index in [9.17, 15) is 4.79 Å². The van der Waals surface area contributed by atoms with Crippen LogP contribution < -0.4 is 10.6 Å². The lowest BCUT2D eigenvalue weighted by atomic mass is 10.1. The first kappa shape index (κ1) is 15.4. The number of aromatic nitrogens is 2. The first-order chi connectivity index (χ1) is 12.3. The summed E-state index contributed by atoms with van der Waals surface area (Å²) in [6.07, 6.45) is 7.23. The van der Waals surface area contributed by atoms with Crippen molar-refractivity contribution in [1.82, 2.24) is 20.2 Å². The lowest BCUT2D eigenvalue weighted by molar-refractivity contribution is 0.237. The van der Waals surface area contributed by atoms with Gasteiger partial charge < -0.3 is 15.2 Å². The van der Waals surface area contributed by atoms with E-state index < -0.39 is 0 Å². The number of urea groups is 1. The number of nitrogens with zero attached hydrogens (tertiary/aromatic N) is 2. The van der Waals surface area contributed by atoms with Crippen LogP contribution in [0.3, 0.4) is 0 Å². The van der Waals surface area contributed by atoms with E-state index in [4.69, 9.17) is 0 Å². The predicted molar refractivity (Wildman–Crippen MR) is 96.6 cm³/mol. The molecule has 25 heavy (non-hydrogen) atoms. The summed E-state index contributed by atoms with van der Waals surface area (Å²) in [6, 6.07) is 16.5. The maximum absolute atomic E-state index is 12.1. The van der Waals surface area contributed by atoms with E-state index in [-0.39, 0.29) is 12.1 Å². The van der Waals surface area contributed by atoms with Crippen LogP contribution in [0.5, 0.6) is 0 Å². The Kier molecular flexibility index (Phi) is 4.21. The molecule has 0 saturated heterocycles. The van der Waals surface area contributed by atoms with Crippen molar-refractivity contribution in [2.24, 2.45) is 0 Å². The molecule has 0 spiro atoms. The Morgan fingerprint density at radius 1 is 1.08 bits per heavy atom.